The van der Waals surface area contributed by atoms with Crippen LogP contribution in [0, 0.1) is 8.48 Å². The first-order chi connectivity index (χ1) is 4.81. The molecule has 0 aliphatic rings. The van der Waals surface area contributed by atoms with Gasteiger partial charge in [0.2, 0.25) is 0 Å². The lowest BCUT2D eigenvalue weighted by Crippen LogP contribution is -1.61. The van der Waals surface area contributed by atoms with Gasteiger partial charge in [0, 0.05) is 3.57 Å². The van der Waals surface area contributed by atoms with E-state index in [2.05, 4.69) is 34.7 Å². The van der Waals surface area contributed by atoms with Gasteiger partial charge in [-0.2, -0.15) is 0 Å². The summed E-state index contributed by atoms with van der Waals surface area (Å²) in [5.74, 6) is 0. The van der Waals surface area contributed by atoms with E-state index in [9.17, 15) is 0 Å². The third kappa shape index (κ3) is 5.49. The van der Waals surface area contributed by atoms with Crippen molar-refractivity contribution >= 4 is 22.6 Å². The van der Waals surface area contributed by atoms with Gasteiger partial charge in [-0.1, -0.05) is 18.2 Å². The summed E-state index contributed by atoms with van der Waals surface area (Å²) in [6, 6.07) is 10.2. The molecule has 0 atom stereocenters. The largest absolute Gasteiger partial charge is 0.379 e. The van der Waals surface area contributed by atoms with Crippen LogP contribution in [0.3, 0.4) is 0 Å². The van der Waals surface area contributed by atoms with Gasteiger partial charge in [-0.05, 0) is 34.7 Å². The molecule has 0 bridgehead atoms. The van der Waals surface area contributed by atoms with Crippen LogP contribution in [-0.2, 0) is 0 Å². The van der Waals surface area contributed by atoms with E-state index in [4.69, 9.17) is 10.1 Å². The second-order valence-electron chi connectivity index (χ2n) is 1.38. The van der Waals surface area contributed by atoms with Crippen molar-refractivity contribution in [3.8, 4) is 0 Å². The number of hydrogen-bond acceptors (Lipinski definition) is 2. The van der Waals surface area contributed by atoms with Gasteiger partial charge in [0.05, 0.1) is 0 Å². The van der Waals surface area contributed by atoms with Gasteiger partial charge in [0.25, 0.3) is 0 Å². The fraction of sp³-hybridized carbons (Fsp3) is 0. The molecule has 10 heavy (non-hydrogen) atoms. The first-order valence-corrected chi connectivity index (χ1v) is 3.56. The van der Waals surface area contributed by atoms with Crippen LogP contribution in [0.25, 0.3) is 0 Å². The van der Waals surface area contributed by atoms with Crippen molar-refractivity contribution in [1.29, 1.82) is 0 Å². The van der Waals surface area contributed by atoms with E-state index in [0.29, 0.717) is 0 Å². The third-order valence-corrected chi connectivity index (χ3v) is 1.45. The molecular formula is C6H6INO2. The van der Waals surface area contributed by atoms with E-state index in [1.807, 2.05) is 18.2 Å². The van der Waals surface area contributed by atoms with Crippen LogP contribution in [0.2, 0.25) is 0 Å². The molecule has 0 radical (unpaired) electrons. The highest BCUT2D eigenvalue weighted by atomic mass is 127. The summed E-state index contributed by atoms with van der Waals surface area (Å²) >= 11 is 2.28. The van der Waals surface area contributed by atoms with Crippen LogP contribution in [0.15, 0.2) is 35.7 Å². The smallest absolute Gasteiger partial charge is 0.152 e. The predicted octanol–water partition coefficient (Wildman–Crippen LogP) is 2.43. The monoisotopic (exact) mass is 251 g/mol. The molecule has 0 heterocycles. The molecule has 1 N–H and O–H groups in total. The lowest BCUT2D eigenvalue weighted by molar-refractivity contribution is 0.312. The molecule has 0 fully saturated rings. The van der Waals surface area contributed by atoms with Crippen molar-refractivity contribution in [3.63, 3.8) is 0 Å². The van der Waals surface area contributed by atoms with Gasteiger partial charge in [0.15, 0.2) is 5.34 Å². The molecule has 54 valence electrons. The van der Waals surface area contributed by atoms with Gasteiger partial charge in [-0.25, -0.2) is 0 Å². The molecule has 0 saturated carbocycles. The number of hydrogen-bond donors (Lipinski definition) is 1. The molecule has 1 aromatic rings. The van der Waals surface area contributed by atoms with Crippen molar-refractivity contribution in [1.82, 2.24) is 0 Å². The topological polar surface area (TPSA) is 49.7 Å². The Bertz CT molecular complexity index is 178. The van der Waals surface area contributed by atoms with Crippen molar-refractivity contribution in [2.75, 3.05) is 0 Å². The Morgan fingerprint density at radius 2 is 1.70 bits per heavy atom. The van der Waals surface area contributed by atoms with Crippen LogP contribution in [0.4, 0.5) is 0 Å². The fourth-order valence-corrected chi connectivity index (χ4v) is 0.830. The van der Waals surface area contributed by atoms with Crippen molar-refractivity contribution < 1.29 is 5.21 Å². The second kappa shape index (κ2) is 6.47. The summed E-state index contributed by atoms with van der Waals surface area (Å²) in [7, 11) is 0. The lowest BCUT2D eigenvalue weighted by atomic mass is 10.4. The first-order valence-electron chi connectivity index (χ1n) is 2.48. The maximum atomic E-state index is 8.11. The van der Waals surface area contributed by atoms with Crippen molar-refractivity contribution in [2.45, 2.75) is 0 Å². The van der Waals surface area contributed by atoms with E-state index in [1.54, 1.807) is 0 Å². The molecule has 0 aromatic heterocycles. The molecule has 0 saturated heterocycles. The quantitative estimate of drug-likeness (QED) is 0.437. The SMILES string of the molecule is Ic1ccccc1.O=NO. The minimum Gasteiger partial charge on any atom is -0.379 e. The number of rotatable bonds is 0. The Morgan fingerprint density at radius 3 is 1.90 bits per heavy atom. The number of nitrogens with zero attached hydrogens (tertiary/aromatic N) is 1. The zero-order valence-corrected chi connectivity index (χ0v) is 7.22. The van der Waals surface area contributed by atoms with Crippen LogP contribution in [0.5, 0.6) is 0 Å². The van der Waals surface area contributed by atoms with Gasteiger partial charge < -0.3 is 5.21 Å². The highest BCUT2D eigenvalue weighted by molar-refractivity contribution is 14.1. The molecule has 0 unspecified atom stereocenters. The van der Waals surface area contributed by atoms with Gasteiger partial charge in [-0.15, -0.1) is 4.91 Å². The van der Waals surface area contributed by atoms with Gasteiger partial charge in [0.1, 0.15) is 0 Å². The van der Waals surface area contributed by atoms with Crippen LogP contribution >= 0.6 is 22.6 Å². The average Bonchev–Trinajstić information content (AvgIpc) is 1.91. The summed E-state index contributed by atoms with van der Waals surface area (Å²) < 4.78 is 1.29. The second-order valence-corrected chi connectivity index (χ2v) is 2.62. The minimum absolute atomic E-state index is 1.25. The molecule has 0 amide bonds. The highest BCUT2D eigenvalue weighted by Gasteiger charge is 1.74. The summed E-state index contributed by atoms with van der Waals surface area (Å²) in [5, 5.41) is 7.89. The summed E-state index contributed by atoms with van der Waals surface area (Å²) in [6.07, 6.45) is 0. The third-order valence-electron chi connectivity index (χ3n) is 0.733. The Kier molecular flexibility index (Phi) is 6.05. The molecule has 1 aromatic carbocycles. The van der Waals surface area contributed by atoms with Crippen molar-refractivity contribution in [2.24, 2.45) is 5.34 Å². The molecule has 3 nitrogen and oxygen atoms in total. The van der Waals surface area contributed by atoms with E-state index in [0.717, 1.165) is 0 Å². The fourth-order valence-electron chi connectivity index (χ4n) is 0.415. The summed E-state index contributed by atoms with van der Waals surface area (Å²) in [6.45, 7) is 0. The Balaban J connectivity index is 0.000000236. The number of benzene rings is 1. The maximum absolute atomic E-state index is 8.11. The van der Waals surface area contributed by atoms with Gasteiger partial charge in [-0.3, -0.25) is 0 Å². The zero-order chi connectivity index (χ0) is 7.82. The first kappa shape index (κ1) is 9.35. The van der Waals surface area contributed by atoms with E-state index in [-0.39, 0.29) is 0 Å². The van der Waals surface area contributed by atoms with E-state index < -0.39 is 0 Å². The van der Waals surface area contributed by atoms with E-state index >= 15 is 0 Å². The molecule has 1 rings (SSSR count). The summed E-state index contributed by atoms with van der Waals surface area (Å²) in [5.41, 5.74) is 0. The maximum Gasteiger partial charge on any atom is 0.152 e. The Hall–Kier alpha value is -0.650. The molecular weight excluding hydrogens is 245 g/mol. The standard InChI is InChI=1S/C6H5I.HNO2/c7-6-4-2-1-3-5-6;2-1-3/h1-5H;(H,2,3). The lowest BCUT2D eigenvalue weighted by Gasteiger charge is -1.80. The van der Waals surface area contributed by atoms with Crippen LogP contribution in [0.1, 0.15) is 0 Å². The van der Waals surface area contributed by atoms with E-state index in [1.165, 1.54) is 8.91 Å². The molecule has 0 spiro atoms. The minimum atomic E-state index is 1.25. The molecule has 0 aliphatic heterocycles. The normalized spacial score (nSPS) is 7.30. The zero-order valence-electron chi connectivity index (χ0n) is 5.07. The van der Waals surface area contributed by atoms with Gasteiger partial charge >= 0.3 is 0 Å². The highest BCUT2D eigenvalue weighted by Crippen LogP contribution is 1.99. The molecule has 0 aliphatic carbocycles. The molecule has 4 heteroatoms. The Labute approximate surface area is 72.1 Å². The average molecular weight is 251 g/mol. The van der Waals surface area contributed by atoms with Crippen LogP contribution in [-0.4, -0.2) is 5.21 Å². The summed E-state index contributed by atoms with van der Waals surface area (Å²) in [4.78, 5) is 8.11. The Morgan fingerprint density at radius 1 is 1.30 bits per heavy atom. The van der Waals surface area contributed by atoms with Crippen LogP contribution < -0.4 is 0 Å². The predicted molar refractivity (Wildman–Crippen MR) is 46.7 cm³/mol. The van der Waals surface area contributed by atoms with Crippen molar-refractivity contribution in [3.05, 3.63) is 38.8 Å². The number of halogens is 1.